The molecule has 106 valence electrons. The number of alkyl halides is 2. The summed E-state index contributed by atoms with van der Waals surface area (Å²) in [5.74, 6) is 0.310. The summed E-state index contributed by atoms with van der Waals surface area (Å²) in [6, 6.07) is 7.26. The van der Waals surface area contributed by atoms with Crippen LogP contribution in [-0.4, -0.2) is 7.11 Å². The Labute approximate surface area is 130 Å². The van der Waals surface area contributed by atoms with Gasteiger partial charge in [0.15, 0.2) is 0 Å². The van der Waals surface area contributed by atoms with Gasteiger partial charge in [-0.3, -0.25) is 0 Å². The summed E-state index contributed by atoms with van der Waals surface area (Å²) in [6.45, 7) is 0. The van der Waals surface area contributed by atoms with Crippen LogP contribution in [-0.2, 0) is 0 Å². The Kier molecular flexibility index (Phi) is 4.74. The van der Waals surface area contributed by atoms with Gasteiger partial charge in [0.05, 0.1) is 17.2 Å². The maximum Gasteiger partial charge on any atom is 0.264 e. The van der Waals surface area contributed by atoms with Gasteiger partial charge in [0, 0.05) is 16.1 Å². The van der Waals surface area contributed by atoms with Crippen molar-refractivity contribution in [3.63, 3.8) is 0 Å². The number of halogens is 5. The molecule has 20 heavy (non-hydrogen) atoms. The first-order valence-electron chi connectivity index (χ1n) is 5.54. The second-order valence-electron chi connectivity index (χ2n) is 4.04. The van der Waals surface area contributed by atoms with Crippen molar-refractivity contribution >= 4 is 34.8 Å². The molecule has 0 aliphatic carbocycles. The number of hydrogen-bond acceptors (Lipinski definition) is 1. The normalized spacial score (nSPS) is 10.9. The van der Waals surface area contributed by atoms with E-state index in [0.29, 0.717) is 21.9 Å². The van der Waals surface area contributed by atoms with Crippen LogP contribution in [0, 0.1) is 0 Å². The zero-order valence-electron chi connectivity index (χ0n) is 10.3. The van der Waals surface area contributed by atoms with Gasteiger partial charge < -0.3 is 4.74 Å². The molecule has 0 spiro atoms. The van der Waals surface area contributed by atoms with Gasteiger partial charge in [0.1, 0.15) is 5.75 Å². The summed E-state index contributed by atoms with van der Waals surface area (Å²) in [7, 11) is 1.40. The van der Waals surface area contributed by atoms with Crippen molar-refractivity contribution in [1.82, 2.24) is 0 Å². The Hall–Kier alpha value is -1.03. The molecule has 0 heterocycles. The largest absolute Gasteiger partial charge is 0.497 e. The van der Waals surface area contributed by atoms with E-state index in [4.69, 9.17) is 39.5 Å². The molecule has 2 rings (SSSR count). The van der Waals surface area contributed by atoms with Crippen LogP contribution in [0.15, 0.2) is 30.3 Å². The SMILES string of the molecule is COc1cc(-c2cc(Cl)cc(Cl)c2Cl)cc(C(F)F)c1. The first-order chi connectivity index (χ1) is 9.42. The molecule has 0 aromatic heterocycles. The molecule has 0 aliphatic rings. The van der Waals surface area contributed by atoms with E-state index in [1.165, 1.54) is 25.3 Å². The summed E-state index contributed by atoms with van der Waals surface area (Å²) < 4.78 is 30.8. The van der Waals surface area contributed by atoms with E-state index in [9.17, 15) is 8.78 Å². The molecule has 0 radical (unpaired) electrons. The fraction of sp³-hybridized carbons (Fsp3) is 0.143. The van der Waals surface area contributed by atoms with Crippen molar-refractivity contribution in [1.29, 1.82) is 0 Å². The third kappa shape index (κ3) is 3.17. The highest BCUT2D eigenvalue weighted by molar-refractivity contribution is 6.45. The Morgan fingerprint density at radius 2 is 1.70 bits per heavy atom. The molecule has 0 aliphatic heterocycles. The second-order valence-corrected chi connectivity index (χ2v) is 5.27. The summed E-state index contributed by atoms with van der Waals surface area (Å²) >= 11 is 18.0. The summed E-state index contributed by atoms with van der Waals surface area (Å²) in [4.78, 5) is 0. The lowest BCUT2D eigenvalue weighted by Crippen LogP contribution is -1.91. The molecule has 0 bridgehead atoms. The number of methoxy groups -OCH3 is 1. The lowest BCUT2D eigenvalue weighted by atomic mass is 10.0. The number of hydrogen-bond donors (Lipinski definition) is 0. The molecular weight excluding hydrogens is 329 g/mol. The smallest absolute Gasteiger partial charge is 0.264 e. The van der Waals surface area contributed by atoms with Crippen molar-refractivity contribution in [2.24, 2.45) is 0 Å². The van der Waals surface area contributed by atoms with Gasteiger partial charge in [-0.2, -0.15) is 0 Å². The van der Waals surface area contributed by atoms with Crippen LogP contribution in [0.5, 0.6) is 5.75 Å². The highest BCUT2D eigenvalue weighted by Gasteiger charge is 2.15. The van der Waals surface area contributed by atoms with Gasteiger partial charge in [-0.25, -0.2) is 8.78 Å². The van der Waals surface area contributed by atoms with Gasteiger partial charge in [0.2, 0.25) is 0 Å². The predicted octanol–water partition coefficient (Wildman–Crippen LogP) is 6.26. The van der Waals surface area contributed by atoms with E-state index >= 15 is 0 Å². The van der Waals surface area contributed by atoms with Crippen LogP contribution in [0.2, 0.25) is 15.1 Å². The first kappa shape index (κ1) is 15.4. The van der Waals surface area contributed by atoms with Crippen LogP contribution in [0.3, 0.4) is 0 Å². The zero-order chi connectivity index (χ0) is 14.9. The predicted molar refractivity (Wildman–Crippen MR) is 78.4 cm³/mol. The van der Waals surface area contributed by atoms with Crippen molar-refractivity contribution < 1.29 is 13.5 Å². The summed E-state index contributed by atoms with van der Waals surface area (Å²) in [6.07, 6.45) is -2.61. The van der Waals surface area contributed by atoms with Gasteiger partial charge in [-0.15, -0.1) is 0 Å². The lowest BCUT2D eigenvalue weighted by molar-refractivity contribution is 0.151. The number of ether oxygens (including phenoxy) is 1. The maximum absolute atomic E-state index is 12.9. The van der Waals surface area contributed by atoms with Gasteiger partial charge in [0.25, 0.3) is 6.43 Å². The van der Waals surface area contributed by atoms with E-state index in [1.54, 1.807) is 12.1 Å². The molecule has 2 aromatic rings. The second kappa shape index (κ2) is 6.17. The molecule has 0 unspecified atom stereocenters. The molecule has 2 aromatic carbocycles. The minimum Gasteiger partial charge on any atom is -0.497 e. The molecule has 0 amide bonds. The first-order valence-corrected chi connectivity index (χ1v) is 6.68. The molecule has 0 saturated heterocycles. The highest BCUT2D eigenvalue weighted by Crippen LogP contribution is 2.39. The number of benzene rings is 2. The number of rotatable bonds is 3. The maximum atomic E-state index is 12.9. The topological polar surface area (TPSA) is 9.23 Å². The van der Waals surface area contributed by atoms with Gasteiger partial charge in [-0.05, 0) is 35.9 Å². The molecule has 0 atom stereocenters. The third-order valence-electron chi connectivity index (χ3n) is 2.72. The zero-order valence-corrected chi connectivity index (χ0v) is 12.5. The van der Waals surface area contributed by atoms with Crippen molar-refractivity contribution in [2.75, 3.05) is 7.11 Å². The molecule has 0 N–H and O–H groups in total. The Morgan fingerprint density at radius 1 is 1.00 bits per heavy atom. The van der Waals surface area contributed by atoms with E-state index in [-0.39, 0.29) is 15.6 Å². The fourth-order valence-electron chi connectivity index (χ4n) is 1.79. The van der Waals surface area contributed by atoms with Crippen molar-refractivity contribution in [2.45, 2.75) is 6.43 Å². The molecule has 0 fully saturated rings. The summed E-state index contributed by atoms with van der Waals surface area (Å²) in [5.41, 5.74) is 0.783. The van der Waals surface area contributed by atoms with Gasteiger partial charge in [-0.1, -0.05) is 34.8 Å². The van der Waals surface area contributed by atoms with Crippen LogP contribution in [0.25, 0.3) is 11.1 Å². The Balaban J connectivity index is 2.66. The highest BCUT2D eigenvalue weighted by atomic mass is 35.5. The third-order valence-corrected chi connectivity index (χ3v) is 3.74. The minimum atomic E-state index is -2.61. The Bertz CT molecular complexity index is 645. The lowest BCUT2D eigenvalue weighted by Gasteiger charge is -2.11. The van der Waals surface area contributed by atoms with E-state index in [1.807, 2.05) is 0 Å². The molecule has 6 heteroatoms. The molecule has 1 nitrogen and oxygen atoms in total. The van der Waals surface area contributed by atoms with Crippen LogP contribution in [0.1, 0.15) is 12.0 Å². The van der Waals surface area contributed by atoms with Crippen LogP contribution in [0.4, 0.5) is 8.78 Å². The van der Waals surface area contributed by atoms with E-state index in [0.717, 1.165) is 0 Å². The van der Waals surface area contributed by atoms with Crippen LogP contribution >= 0.6 is 34.8 Å². The average Bonchev–Trinajstić information content (AvgIpc) is 2.42. The quantitative estimate of drug-likeness (QED) is 0.601. The molecule has 0 saturated carbocycles. The van der Waals surface area contributed by atoms with Crippen molar-refractivity contribution in [3.05, 3.63) is 51.0 Å². The molecular formula is C14H9Cl3F2O. The van der Waals surface area contributed by atoms with Crippen molar-refractivity contribution in [3.8, 4) is 16.9 Å². The van der Waals surface area contributed by atoms with Crippen LogP contribution < -0.4 is 4.74 Å². The van der Waals surface area contributed by atoms with E-state index < -0.39 is 6.43 Å². The Morgan fingerprint density at radius 3 is 2.30 bits per heavy atom. The fourth-order valence-corrected chi connectivity index (χ4v) is 2.50. The minimum absolute atomic E-state index is 0.161. The average molecular weight is 338 g/mol. The standard InChI is InChI=1S/C14H9Cl3F2O/c1-20-10-3-7(2-8(4-10)14(18)19)11-5-9(15)6-12(16)13(11)17/h2-6,14H,1H3. The monoisotopic (exact) mass is 336 g/mol. The van der Waals surface area contributed by atoms with Gasteiger partial charge >= 0.3 is 0 Å². The van der Waals surface area contributed by atoms with E-state index in [2.05, 4.69) is 0 Å². The summed E-state index contributed by atoms with van der Waals surface area (Å²) in [5, 5.41) is 0.885.